The Balaban J connectivity index is 1.94. The van der Waals surface area contributed by atoms with Crippen LogP contribution < -0.4 is 15.8 Å². The molecule has 0 aliphatic carbocycles. The molecule has 9 nitrogen and oxygen atoms in total. The lowest BCUT2D eigenvalue weighted by Gasteiger charge is -2.38. The van der Waals surface area contributed by atoms with Crippen molar-refractivity contribution in [1.29, 1.82) is 0 Å². The predicted octanol–water partition coefficient (Wildman–Crippen LogP) is 1.07. The van der Waals surface area contributed by atoms with Crippen LogP contribution in [0.5, 0.6) is 5.75 Å². The van der Waals surface area contributed by atoms with Gasteiger partial charge in [0.1, 0.15) is 12.2 Å². The first-order valence-corrected chi connectivity index (χ1v) is 9.64. The zero-order valence-electron chi connectivity index (χ0n) is 16.6. The van der Waals surface area contributed by atoms with Crippen molar-refractivity contribution in [3.63, 3.8) is 0 Å². The first-order valence-electron chi connectivity index (χ1n) is 9.26. The molecule has 162 valence electrons. The zero-order valence-corrected chi connectivity index (χ0v) is 17.3. The monoisotopic (exact) mass is 447 g/mol. The van der Waals surface area contributed by atoms with Crippen molar-refractivity contribution in [3.8, 4) is 18.1 Å². The molecule has 2 amide bonds. The number of unbranched alkanes of at least 4 members (excludes halogenated alkanes) is 1. The van der Waals surface area contributed by atoms with Gasteiger partial charge in [-0.15, -0.1) is 12.3 Å². The van der Waals surface area contributed by atoms with E-state index in [1.54, 1.807) is 5.01 Å². The predicted molar refractivity (Wildman–Crippen MR) is 111 cm³/mol. The van der Waals surface area contributed by atoms with E-state index in [1.165, 1.54) is 35.1 Å². The van der Waals surface area contributed by atoms with E-state index in [1.807, 2.05) is 0 Å². The summed E-state index contributed by atoms with van der Waals surface area (Å²) < 4.78 is 15.3. The van der Waals surface area contributed by atoms with Gasteiger partial charge < -0.3 is 15.3 Å². The number of halogens is 2. The van der Waals surface area contributed by atoms with E-state index >= 15 is 0 Å². The Morgan fingerprint density at radius 3 is 2.90 bits per heavy atom. The van der Waals surface area contributed by atoms with Crippen molar-refractivity contribution in [1.82, 2.24) is 19.9 Å². The topological polar surface area (TPSA) is 108 Å². The number of amides is 2. The number of nitrogens with one attached hydrogen (secondary N) is 1. The molecule has 0 aromatic carbocycles. The highest BCUT2D eigenvalue weighted by atomic mass is 35.5. The molecule has 0 bridgehead atoms. The molecule has 11 heteroatoms. The van der Waals surface area contributed by atoms with Crippen molar-refractivity contribution in [2.75, 3.05) is 25.3 Å². The summed E-state index contributed by atoms with van der Waals surface area (Å²) in [4.78, 5) is 42.7. The maximum absolute atomic E-state index is 14.0. The van der Waals surface area contributed by atoms with Crippen LogP contribution in [0.1, 0.15) is 39.3 Å². The van der Waals surface area contributed by atoms with Gasteiger partial charge in [-0.3, -0.25) is 24.1 Å². The second-order valence-electron chi connectivity index (χ2n) is 6.85. The van der Waals surface area contributed by atoms with E-state index in [0.29, 0.717) is 19.4 Å². The smallest absolute Gasteiger partial charge is 0.277 e. The number of carbonyl (C=O) groups excluding carboxylic acids is 2. The SMILES string of the molecule is C#CCCCN1CN(C)C(=O)c2c(O)c(=O)c(C(=O)NCc3ccnc(Cl)c3F)cn21. The van der Waals surface area contributed by atoms with Gasteiger partial charge in [0, 0.05) is 44.5 Å². The highest BCUT2D eigenvalue weighted by molar-refractivity contribution is 6.29. The van der Waals surface area contributed by atoms with Crippen molar-refractivity contribution in [2.45, 2.75) is 19.4 Å². The molecule has 2 aromatic heterocycles. The summed E-state index contributed by atoms with van der Waals surface area (Å²) in [6.45, 7) is 0.321. The molecule has 0 spiro atoms. The average Bonchev–Trinajstić information content (AvgIpc) is 2.74. The molecule has 0 radical (unpaired) electrons. The molecule has 0 atom stereocenters. The molecule has 1 aliphatic heterocycles. The Bertz CT molecular complexity index is 1140. The minimum Gasteiger partial charge on any atom is -0.502 e. The molecule has 2 aromatic rings. The zero-order chi connectivity index (χ0) is 22.7. The molecule has 0 saturated carbocycles. The fourth-order valence-electron chi connectivity index (χ4n) is 3.14. The van der Waals surface area contributed by atoms with Crippen molar-refractivity contribution >= 4 is 23.4 Å². The minimum atomic E-state index is -1.01. The summed E-state index contributed by atoms with van der Waals surface area (Å²) in [7, 11) is 1.53. The van der Waals surface area contributed by atoms with Crippen LogP contribution >= 0.6 is 11.6 Å². The molecule has 1 aliphatic rings. The van der Waals surface area contributed by atoms with Gasteiger partial charge in [0.05, 0.1) is 0 Å². The Kier molecular flexibility index (Phi) is 6.46. The molecule has 0 fully saturated rings. The summed E-state index contributed by atoms with van der Waals surface area (Å²) in [5.74, 6) is -0.530. The van der Waals surface area contributed by atoms with E-state index in [0.717, 1.165) is 0 Å². The van der Waals surface area contributed by atoms with Crippen molar-refractivity contribution < 1.29 is 19.1 Å². The molecule has 31 heavy (non-hydrogen) atoms. The summed E-state index contributed by atoms with van der Waals surface area (Å²) in [6, 6.07) is 1.33. The first kappa shape index (κ1) is 22.1. The number of rotatable bonds is 6. The molecular weight excluding hydrogens is 429 g/mol. The maximum atomic E-state index is 14.0. The second-order valence-corrected chi connectivity index (χ2v) is 7.21. The summed E-state index contributed by atoms with van der Waals surface area (Å²) in [6.07, 6.45) is 8.83. The highest BCUT2D eigenvalue weighted by Gasteiger charge is 2.32. The van der Waals surface area contributed by atoms with Crippen LogP contribution in [0.4, 0.5) is 4.39 Å². The van der Waals surface area contributed by atoms with Crippen LogP contribution in [0.3, 0.4) is 0 Å². The molecule has 3 rings (SSSR count). The third-order valence-electron chi connectivity index (χ3n) is 4.74. The van der Waals surface area contributed by atoms with Gasteiger partial charge in [-0.05, 0) is 12.5 Å². The van der Waals surface area contributed by atoms with E-state index in [2.05, 4.69) is 16.2 Å². The van der Waals surface area contributed by atoms with Gasteiger partial charge in [0.2, 0.25) is 5.43 Å². The highest BCUT2D eigenvalue weighted by Crippen LogP contribution is 2.21. The van der Waals surface area contributed by atoms with Crippen LogP contribution in [-0.4, -0.2) is 51.7 Å². The van der Waals surface area contributed by atoms with Crippen molar-refractivity contribution in [3.05, 3.63) is 56.5 Å². The quantitative estimate of drug-likeness (QED) is 0.389. The van der Waals surface area contributed by atoms with Gasteiger partial charge in [0.15, 0.2) is 22.4 Å². The van der Waals surface area contributed by atoms with Crippen LogP contribution in [0.25, 0.3) is 0 Å². The Labute approximate surface area is 182 Å². The second kappa shape index (κ2) is 9.06. The van der Waals surface area contributed by atoms with Gasteiger partial charge in [-0.2, -0.15) is 0 Å². The fourth-order valence-corrected chi connectivity index (χ4v) is 3.31. The number of hydrogen-bond donors (Lipinski definition) is 2. The number of terminal acetylenes is 1. The molecular formula is C20H19ClFN5O4. The number of hydrogen-bond acceptors (Lipinski definition) is 6. The maximum Gasteiger partial charge on any atom is 0.277 e. The van der Waals surface area contributed by atoms with Crippen LogP contribution in [0.15, 0.2) is 23.3 Å². The largest absolute Gasteiger partial charge is 0.502 e. The van der Waals surface area contributed by atoms with Gasteiger partial charge in [0.25, 0.3) is 11.8 Å². The number of aromatic hydroxyl groups is 1. The number of fused-ring (bicyclic) bond motifs is 1. The fraction of sp³-hybridized carbons (Fsp3) is 0.300. The Morgan fingerprint density at radius 2 is 2.19 bits per heavy atom. The summed E-state index contributed by atoms with van der Waals surface area (Å²) in [5.41, 5.74) is -1.59. The molecule has 0 unspecified atom stereocenters. The third kappa shape index (κ3) is 4.32. The van der Waals surface area contributed by atoms with Gasteiger partial charge in [-0.1, -0.05) is 11.6 Å². The lowest BCUT2D eigenvalue weighted by Crippen LogP contribution is -2.53. The lowest BCUT2D eigenvalue weighted by atomic mass is 10.1. The number of aromatic nitrogens is 2. The number of carbonyl (C=O) groups is 2. The molecule has 2 N–H and O–H groups in total. The van der Waals surface area contributed by atoms with Crippen LogP contribution in [0.2, 0.25) is 5.15 Å². The summed E-state index contributed by atoms with van der Waals surface area (Å²) in [5, 5.41) is 14.2. The normalized spacial score (nSPS) is 13.0. The number of nitrogens with zero attached hydrogens (tertiary/aromatic N) is 4. The number of pyridine rings is 2. The lowest BCUT2D eigenvalue weighted by molar-refractivity contribution is 0.0731. The standard InChI is InChI=1S/C20H19ClFN5O4/c1-3-4-5-8-26-11-25(2)20(31)15-17(29)16(28)13(10-27(15)26)19(30)24-9-12-6-7-23-18(21)14(12)22/h1,6-7,10,29H,4-5,8-9,11H2,2H3,(H,24,30). The summed E-state index contributed by atoms with van der Waals surface area (Å²) >= 11 is 5.63. The Morgan fingerprint density at radius 1 is 1.45 bits per heavy atom. The minimum absolute atomic E-state index is 0.0725. The van der Waals surface area contributed by atoms with Crippen molar-refractivity contribution in [2.24, 2.45) is 0 Å². The molecule has 3 heterocycles. The van der Waals surface area contributed by atoms with Gasteiger partial charge in [-0.25, -0.2) is 9.37 Å². The first-order chi connectivity index (χ1) is 14.8. The third-order valence-corrected chi connectivity index (χ3v) is 5.01. The average molecular weight is 448 g/mol. The van der Waals surface area contributed by atoms with E-state index < -0.39 is 34.4 Å². The van der Waals surface area contributed by atoms with E-state index in [9.17, 15) is 23.9 Å². The van der Waals surface area contributed by atoms with Crippen LogP contribution in [0, 0.1) is 18.2 Å². The van der Waals surface area contributed by atoms with Crippen LogP contribution in [-0.2, 0) is 6.54 Å². The van der Waals surface area contributed by atoms with Gasteiger partial charge >= 0.3 is 0 Å². The van der Waals surface area contributed by atoms with E-state index in [4.69, 9.17) is 18.0 Å². The Hall–Kier alpha value is -3.58. The van der Waals surface area contributed by atoms with E-state index in [-0.39, 0.29) is 29.6 Å². The molecule has 0 saturated heterocycles.